The molecule has 0 radical (unpaired) electrons. The molecule has 0 fully saturated rings. The SMILES string of the molecule is COC(=O)C(CC(C)C)NCc1cc2c(cc1Br)OCO2. The number of nitrogens with one attached hydrogen (secondary N) is 1. The number of esters is 1. The van der Waals surface area contributed by atoms with E-state index in [4.69, 9.17) is 14.2 Å². The minimum atomic E-state index is -0.313. The second-order valence-corrected chi connectivity index (χ2v) is 6.24. The summed E-state index contributed by atoms with van der Waals surface area (Å²) in [4.78, 5) is 11.8. The lowest BCUT2D eigenvalue weighted by atomic mass is 10.0. The Kier molecular flexibility index (Phi) is 5.47. The number of fused-ring (bicyclic) bond motifs is 1. The van der Waals surface area contributed by atoms with Gasteiger partial charge in [-0.15, -0.1) is 0 Å². The molecule has 0 aliphatic carbocycles. The molecule has 1 aliphatic rings. The van der Waals surface area contributed by atoms with Crippen molar-refractivity contribution < 1.29 is 19.0 Å². The van der Waals surface area contributed by atoms with Crippen LogP contribution in [0.2, 0.25) is 0 Å². The number of hydrogen-bond donors (Lipinski definition) is 1. The van der Waals surface area contributed by atoms with Crippen molar-refractivity contribution in [3.05, 3.63) is 22.2 Å². The molecule has 0 spiro atoms. The molecule has 21 heavy (non-hydrogen) atoms. The fourth-order valence-corrected chi connectivity index (χ4v) is 2.67. The lowest BCUT2D eigenvalue weighted by molar-refractivity contribution is -0.143. The van der Waals surface area contributed by atoms with Gasteiger partial charge in [-0.2, -0.15) is 0 Å². The summed E-state index contributed by atoms with van der Waals surface area (Å²) in [5, 5.41) is 3.25. The highest BCUT2D eigenvalue weighted by Gasteiger charge is 2.21. The Hall–Kier alpha value is -1.27. The molecule has 5 nitrogen and oxygen atoms in total. The normalized spacial score (nSPS) is 14.3. The minimum Gasteiger partial charge on any atom is -0.468 e. The van der Waals surface area contributed by atoms with Crippen LogP contribution in [0.1, 0.15) is 25.8 Å². The van der Waals surface area contributed by atoms with Crippen LogP contribution in [0.4, 0.5) is 0 Å². The molecule has 2 rings (SSSR count). The van der Waals surface area contributed by atoms with Gasteiger partial charge in [-0.05, 0) is 30.0 Å². The summed E-state index contributed by atoms with van der Waals surface area (Å²) in [6, 6.07) is 3.49. The lowest BCUT2D eigenvalue weighted by Crippen LogP contribution is -2.38. The standard InChI is InChI=1S/C15H20BrNO4/c1-9(2)4-12(15(18)19-3)17-7-10-5-13-14(6-11(10)16)21-8-20-13/h5-6,9,12,17H,4,7-8H2,1-3H3. The molecule has 1 N–H and O–H groups in total. The second-order valence-electron chi connectivity index (χ2n) is 5.38. The van der Waals surface area contributed by atoms with Crippen molar-refractivity contribution in [3.8, 4) is 11.5 Å². The van der Waals surface area contributed by atoms with Crippen LogP contribution < -0.4 is 14.8 Å². The number of hydrogen-bond acceptors (Lipinski definition) is 5. The molecule has 1 atom stereocenters. The smallest absolute Gasteiger partial charge is 0.322 e. The van der Waals surface area contributed by atoms with Crippen molar-refractivity contribution in [1.82, 2.24) is 5.32 Å². The Bertz CT molecular complexity index is 519. The van der Waals surface area contributed by atoms with E-state index in [1.807, 2.05) is 12.1 Å². The van der Waals surface area contributed by atoms with Gasteiger partial charge in [0.15, 0.2) is 11.5 Å². The number of ether oxygens (including phenoxy) is 3. The largest absolute Gasteiger partial charge is 0.468 e. The zero-order valence-electron chi connectivity index (χ0n) is 12.4. The van der Waals surface area contributed by atoms with Crippen LogP contribution in [-0.2, 0) is 16.1 Å². The van der Waals surface area contributed by atoms with Gasteiger partial charge in [-0.25, -0.2) is 0 Å². The fraction of sp³-hybridized carbons (Fsp3) is 0.533. The van der Waals surface area contributed by atoms with Gasteiger partial charge in [0.2, 0.25) is 6.79 Å². The first-order valence-corrected chi connectivity index (χ1v) is 7.69. The van der Waals surface area contributed by atoms with E-state index in [1.165, 1.54) is 7.11 Å². The lowest BCUT2D eigenvalue weighted by Gasteiger charge is -2.19. The van der Waals surface area contributed by atoms with E-state index in [9.17, 15) is 4.79 Å². The molecule has 1 aromatic rings. The number of benzene rings is 1. The molecule has 0 bridgehead atoms. The number of carbonyl (C=O) groups excluding carboxylic acids is 1. The average molecular weight is 358 g/mol. The van der Waals surface area contributed by atoms with Crippen LogP contribution in [0.3, 0.4) is 0 Å². The molecule has 116 valence electrons. The van der Waals surface area contributed by atoms with Gasteiger partial charge in [-0.3, -0.25) is 4.79 Å². The van der Waals surface area contributed by atoms with Crippen molar-refractivity contribution in [2.45, 2.75) is 32.9 Å². The highest BCUT2D eigenvalue weighted by Crippen LogP contribution is 2.36. The van der Waals surface area contributed by atoms with E-state index in [0.29, 0.717) is 12.5 Å². The maximum Gasteiger partial charge on any atom is 0.322 e. The van der Waals surface area contributed by atoms with E-state index in [2.05, 4.69) is 35.1 Å². The van der Waals surface area contributed by atoms with Crippen LogP contribution in [0.15, 0.2) is 16.6 Å². The third kappa shape index (κ3) is 4.11. The van der Waals surface area contributed by atoms with Crippen LogP contribution in [0.5, 0.6) is 11.5 Å². The molecule has 1 unspecified atom stereocenters. The van der Waals surface area contributed by atoms with E-state index in [1.54, 1.807) is 0 Å². The summed E-state index contributed by atoms with van der Waals surface area (Å²) in [5.41, 5.74) is 1.01. The number of halogens is 1. The Balaban J connectivity index is 2.05. The number of methoxy groups -OCH3 is 1. The number of carbonyl (C=O) groups is 1. The summed E-state index contributed by atoms with van der Waals surface area (Å²) in [5.74, 6) is 1.63. The molecular weight excluding hydrogens is 338 g/mol. The van der Waals surface area contributed by atoms with Crippen LogP contribution in [0.25, 0.3) is 0 Å². The third-order valence-corrected chi connectivity index (χ3v) is 4.01. The Morgan fingerprint density at radius 3 is 2.67 bits per heavy atom. The first-order valence-electron chi connectivity index (χ1n) is 6.90. The van der Waals surface area contributed by atoms with Crippen LogP contribution in [0, 0.1) is 5.92 Å². The molecule has 1 heterocycles. The molecule has 0 saturated heterocycles. The fourth-order valence-electron chi connectivity index (χ4n) is 2.20. The van der Waals surface area contributed by atoms with Gasteiger partial charge in [0.25, 0.3) is 0 Å². The number of rotatable bonds is 6. The highest BCUT2D eigenvalue weighted by molar-refractivity contribution is 9.10. The molecule has 0 amide bonds. The quantitative estimate of drug-likeness (QED) is 0.793. The van der Waals surface area contributed by atoms with Crippen molar-refractivity contribution in [3.63, 3.8) is 0 Å². The van der Waals surface area contributed by atoms with Crippen molar-refractivity contribution in [2.24, 2.45) is 5.92 Å². The summed E-state index contributed by atoms with van der Waals surface area (Å²) in [6.07, 6.45) is 0.731. The predicted molar refractivity (Wildman–Crippen MR) is 82.4 cm³/mol. The molecular formula is C15H20BrNO4. The molecule has 1 aliphatic heterocycles. The van der Waals surface area contributed by atoms with Gasteiger partial charge >= 0.3 is 5.97 Å². The Morgan fingerprint density at radius 1 is 1.38 bits per heavy atom. The van der Waals surface area contributed by atoms with E-state index in [-0.39, 0.29) is 18.8 Å². The van der Waals surface area contributed by atoms with E-state index < -0.39 is 0 Å². The predicted octanol–water partition coefficient (Wildman–Crippen LogP) is 2.86. The molecule has 0 saturated carbocycles. The van der Waals surface area contributed by atoms with Crippen molar-refractivity contribution >= 4 is 21.9 Å². The van der Waals surface area contributed by atoms with Gasteiger partial charge in [0, 0.05) is 11.0 Å². The third-order valence-electron chi connectivity index (χ3n) is 3.27. The van der Waals surface area contributed by atoms with Crippen molar-refractivity contribution in [1.29, 1.82) is 0 Å². The first kappa shape index (κ1) is 16.1. The minimum absolute atomic E-state index is 0.236. The molecule has 1 aromatic carbocycles. The highest BCUT2D eigenvalue weighted by atomic mass is 79.9. The maximum absolute atomic E-state index is 11.8. The van der Waals surface area contributed by atoms with E-state index >= 15 is 0 Å². The van der Waals surface area contributed by atoms with Gasteiger partial charge in [0.05, 0.1) is 7.11 Å². The molecule has 6 heteroatoms. The zero-order valence-corrected chi connectivity index (χ0v) is 14.0. The summed E-state index contributed by atoms with van der Waals surface area (Å²) < 4.78 is 16.5. The first-order chi connectivity index (χ1) is 10.0. The summed E-state index contributed by atoms with van der Waals surface area (Å²) in [6.45, 7) is 4.95. The van der Waals surface area contributed by atoms with Gasteiger partial charge < -0.3 is 19.5 Å². The zero-order chi connectivity index (χ0) is 15.4. The van der Waals surface area contributed by atoms with Gasteiger partial charge in [-0.1, -0.05) is 29.8 Å². The van der Waals surface area contributed by atoms with Crippen LogP contribution >= 0.6 is 15.9 Å². The van der Waals surface area contributed by atoms with Crippen molar-refractivity contribution in [2.75, 3.05) is 13.9 Å². The van der Waals surface area contributed by atoms with Crippen LogP contribution in [-0.4, -0.2) is 25.9 Å². The Morgan fingerprint density at radius 2 is 2.05 bits per heavy atom. The topological polar surface area (TPSA) is 56.8 Å². The monoisotopic (exact) mass is 357 g/mol. The summed E-state index contributed by atoms with van der Waals surface area (Å²) in [7, 11) is 1.41. The van der Waals surface area contributed by atoms with Gasteiger partial charge in [0.1, 0.15) is 6.04 Å². The second kappa shape index (κ2) is 7.13. The Labute approximate surface area is 133 Å². The maximum atomic E-state index is 11.8. The van der Waals surface area contributed by atoms with E-state index in [0.717, 1.165) is 28.0 Å². The summed E-state index contributed by atoms with van der Waals surface area (Å²) >= 11 is 3.51. The molecule has 0 aromatic heterocycles. The average Bonchev–Trinajstić information content (AvgIpc) is 2.88.